The Bertz CT molecular complexity index is 465. The van der Waals surface area contributed by atoms with Crippen molar-refractivity contribution in [3.63, 3.8) is 0 Å². The van der Waals surface area contributed by atoms with Crippen molar-refractivity contribution in [3.8, 4) is 6.07 Å². The molecule has 0 aliphatic carbocycles. The Balaban J connectivity index is 2.95. The number of aliphatic carboxylic acids is 1. The van der Waals surface area contributed by atoms with Crippen molar-refractivity contribution in [2.45, 2.75) is 26.7 Å². The van der Waals surface area contributed by atoms with Gasteiger partial charge in [0.25, 0.3) is 0 Å². The van der Waals surface area contributed by atoms with E-state index in [-0.39, 0.29) is 0 Å². The molecule has 4 heteroatoms. The number of nitrogens with zero attached hydrogens (tertiary/aromatic N) is 2. The lowest BCUT2D eigenvalue weighted by Crippen LogP contribution is -2.33. The summed E-state index contributed by atoms with van der Waals surface area (Å²) >= 11 is 0. The number of carboxylic acid groups (broad SMARTS) is 1. The van der Waals surface area contributed by atoms with Gasteiger partial charge in [-0.1, -0.05) is 32.4 Å². The summed E-state index contributed by atoms with van der Waals surface area (Å²) in [5.74, 6) is -1.26. The highest BCUT2D eigenvalue weighted by Crippen LogP contribution is 2.21. The fraction of sp³-hybridized carbons (Fsp3) is 0.467. The van der Waals surface area contributed by atoms with Crippen LogP contribution in [0.5, 0.6) is 0 Å². The number of benzene rings is 1. The molecule has 1 N–H and O–H groups in total. The Kier molecular flexibility index (Phi) is 5.87. The summed E-state index contributed by atoms with van der Waals surface area (Å²) in [6.45, 7) is 4.98. The number of rotatable bonds is 7. The minimum Gasteiger partial charge on any atom is -0.481 e. The van der Waals surface area contributed by atoms with Crippen LogP contribution >= 0.6 is 0 Å². The molecule has 1 rings (SSSR count). The summed E-state index contributed by atoms with van der Waals surface area (Å²) in [5.41, 5.74) is 1.42. The first-order valence-corrected chi connectivity index (χ1v) is 6.57. The van der Waals surface area contributed by atoms with Gasteiger partial charge in [0, 0.05) is 13.1 Å². The third kappa shape index (κ3) is 4.29. The summed E-state index contributed by atoms with van der Waals surface area (Å²) in [6, 6.07) is 9.50. The molecule has 0 saturated heterocycles. The Morgan fingerprint density at radius 1 is 1.47 bits per heavy atom. The molecule has 1 atom stereocenters. The number of unbranched alkanes of at least 4 members (excludes halogenated alkanes) is 1. The number of para-hydroxylation sites is 1. The van der Waals surface area contributed by atoms with Crippen molar-refractivity contribution in [2.24, 2.45) is 5.92 Å². The summed E-state index contributed by atoms with van der Waals surface area (Å²) < 4.78 is 0. The van der Waals surface area contributed by atoms with Crippen molar-refractivity contribution >= 4 is 11.7 Å². The number of carboxylic acids is 1. The van der Waals surface area contributed by atoms with E-state index in [0.717, 1.165) is 25.1 Å². The van der Waals surface area contributed by atoms with Crippen LogP contribution in [-0.4, -0.2) is 24.2 Å². The molecule has 0 radical (unpaired) electrons. The average Bonchev–Trinajstić information content (AvgIpc) is 2.43. The Hall–Kier alpha value is -2.02. The Morgan fingerprint density at radius 2 is 2.16 bits per heavy atom. The van der Waals surface area contributed by atoms with Crippen molar-refractivity contribution in [2.75, 3.05) is 18.0 Å². The first-order valence-electron chi connectivity index (χ1n) is 6.57. The van der Waals surface area contributed by atoms with E-state index in [0.29, 0.717) is 12.1 Å². The quantitative estimate of drug-likeness (QED) is 0.818. The van der Waals surface area contributed by atoms with E-state index in [2.05, 4.69) is 13.0 Å². The van der Waals surface area contributed by atoms with Gasteiger partial charge in [-0.2, -0.15) is 5.26 Å². The molecule has 1 aromatic rings. The van der Waals surface area contributed by atoms with Gasteiger partial charge in [0.15, 0.2) is 0 Å². The Labute approximate surface area is 114 Å². The molecule has 0 amide bonds. The molecule has 0 saturated carbocycles. The lowest BCUT2D eigenvalue weighted by molar-refractivity contribution is -0.140. The van der Waals surface area contributed by atoms with Gasteiger partial charge < -0.3 is 10.0 Å². The highest BCUT2D eigenvalue weighted by Gasteiger charge is 2.18. The van der Waals surface area contributed by atoms with Crippen molar-refractivity contribution in [1.82, 2.24) is 0 Å². The second-order valence-corrected chi connectivity index (χ2v) is 4.67. The minimum atomic E-state index is -0.809. The van der Waals surface area contributed by atoms with Gasteiger partial charge in [0.05, 0.1) is 17.2 Å². The van der Waals surface area contributed by atoms with E-state index in [1.807, 2.05) is 23.1 Å². The molecular weight excluding hydrogens is 240 g/mol. The topological polar surface area (TPSA) is 64.3 Å². The van der Waals surface area contributed by atoms with Crippen LogP contribution in [0.15, 0.2) is 24.3 Å². The number of hydrogen-bond acceptors (Lipinski definition) is 3. The summed E-state index contributed by atoms with van der Waals surface area (Å²) in [6.07, 6.45) is 2.01. The maximum atomic E-state index is 11.0. The van der Waals surface area contributed by atoms with Crippen LogP contribution < -0.4 is 4.90 Å². The zero-order chi connectivity index (χ0) is 14.3. The van der Waals surface area contributed by atoms with Crippen LogP contribution in [0.1, 0.15) is 32.3 Å². The molecule has 0 fully saturated rings. The average molecular weight is 260 g/mol. The number of anilines is 1. The van der Waals surface area contributed by atoms with Crippen LogP contribution in [0.25, 0.3) is 0 Å². The van der Waals surface area contributed by atoms with Crippen molar-refractivity contribution in [3.05, 3.63) is 29.8 Å². The second-order valence-electron chi connectivity index (χ2n) is 4.67. The van der Waals surface area contributed by atoms with Gasteiger partial charge in [-0.25, -0.2) is 0 Å². The molecule has 1 unspecified atom stereocenters. The van der Waals surface area contributed by atoms with E-state index in [9.17, 15) is 4.79 Å². The Morgan fingerprint density at radius 3 is 2.74 bits per heavy atom. The van der Waals surface area contributed by atoms with Crippen LogP contribution in [0.4, 0.5) is 5.69 Å². The lowest BCUT2D eigenvalue weighted by atomic mass is 10.1. The fourth-order valence-electron chi connectivity index (χ4n) is 1.91. The fourth-order valence-corrected chi connectivity index (χ4v) is 1.91. The zero-order valence-electron chi connectivity index (χ0n) is 11.5. The van der Waals surface area contributed by atoms with E-state index in [1.54, 1.807) is 13.0 Å². The van der Waals surface area contributed by atoms with Crippen LogP contribution in [-0.2, 0) is 4.79 Å². The van der Waals surface area contributed by atoms with Gasteiger partial charge in [-0.3, -0.25) is 4.79 Å². The predicted octanol–water partition coefficient (Wildman–Crippen LogP) is 2.89. The lowest BCUT2D eigenvalue weighted by Gasteiger charge is -2.27. The molecular formula is C15H20N2O2. The number of nitriles is 1. The summed E-state index contributed by atoms with van der Waals surface area (Å²) in [4.78, 5) is 13.0. The zero-order valence-corrected chi connectivity index (χ0v) is 11.5. The number of hydrogen-bond donors (Lipinski definition) is 1. The first kappa shape index (κ1) is 15.0. The monoisotopic (exact) mass is 260 g/mol. The molecule has 1 aromatic carbocycles. The number of carbonyl (C=O) groups is 1. The molecule has 4 nitrogen and oxygen atoms in total. The standard InChI is InChI=1S/C15H20N2O2/c1-3-4-9-17(11-12(2)15(18)19)14-8-6-5-7-13(14)10-16/h5-8,12H,3-4,9,11H2,1-2H3,(H,18,19). The molecule has 0 bridgehead atoms. The van der Waals surface area contributed by atoms with Gasteiger partial charge in [0.2, 0.25) is 0 Å². The largest absolute Gasteiger partial charge is 0.481 e. The van der Waals surface area contributed by atoms with Crippen molar-refractivity contribution in [1.29, 1.82) is 5.26 Å². The molecule has 0 heterocycles. The van der Waals surface area contributed by atoms with E-state index in [4.69, 9.17) is 10.4 Å². The predicted molar refractivity (Wildman–Crippen MR) is 75.1 cm³/mol. The smallest absolute Gasteiger partial charge is 0.308 e. The maximum Gasteiger partial charge on any atom is 0.308 e. The van der Waals surface area contributed by atoms with Gasteiger partial charge in [0.1, 0.15) is 6.07 Å². The highest BCUT2D eigenvalue weighted by molar-refractivity contribution is 5.71. The van der Waals surface area contributed by atoms with Gasteiger partial charge >= 0.3 is 5.97 Å². The first-order chi connectivity index (χ1) is 9.10. The minimum absolute atomic E-state index is 0.425. The van der Waals surface area contributed by atoms with Crippen molar-refractivity contribution < 1.29 is 9.90 Å². The van der Waals surface area contributed by atoms with E-state index < -0.39 is 11.9 Å². The van der Waals surface area contributed by atoms with Crippen LogP contribution in [0, 0.1) is 17.2 Å². The van der Waals surface area contributed by atoms with Crippen LogP contribution in [0.2, 0.25) is 0 Å². The van der Waals surface area contributed by atoms with E-state index in [1.165, 1.54) is 0 Å². The molecule has 19 heavy (non-hydrogen) atoms. The highest BCUT2D eigenvalue weighted by atomic mass is 16.4. The van der Waals surface area contributed by atoms with Gasteiger partial charge in [-0.15, -0.1) is 0 Å². The van der Waals surface area contributed by atoms with Crippen LogP contribution in [0.3, 0.4) is 0 Å². The third-order valence-corrected chi connectivity index (χ3v) is 3.06. The second kappa shape index (κ2) is 7.42. The normalized spacial score (nSPS) is 11.6. The molecule has 0 aromatic heterocycles. The summed E-state index contributed by atoms with van der Waals surface area (Å²) in [7, 11) is 0. The van der Waals surface area contributed by atoms with Gasteiger partial charge in [-0.05, 0) is 18.6 Å². The summed E-state index contributed by atoms with van der Waals surface area (Å²) in [5, 5.41) is 18.2. The molecule has 0 aliphatic rings. The third-order valence-electron chi connectivity index (χ3n) is 3.06. The SMILES string of the molecule is CCCCN(CC(C)C(=O)O)c1ccccc1C#N. The maximum absolute atomic E-state index is 11.0. The van der Waals surface area contributed by atoms with E-state index >= 15 is 0 Å². The molecule has 0 spiro atoms. The molecule has 0 aliphatic heterocycles. The molecule has 102 valence electrons.